The summed E-state index contributed by atoms with van der Waals surface area (Å²) in [4.78, 5) is 15.9. The summed E-state index contributed by atoms with van der Waals surface area (Å²) < 4.78 is 5.54. The smallest absolute Gasteiger partial charge is 0.251 e. The van der Waals surface area contributed by atoms with Gasteiger partial charge in [-0.2, -0.15) is 0 Å². The zero-order valence-electron chi connectivity index (χ0n) is 15.6. The number of nitrogens with zero attached hydrogens (tertiary/aromatic N) is 1. The van der Waals surface area contributed by atoms with Gasteiger partial charge < -0.3 is 20.7 Å². The molecule has 1 amide bonds. The molecule has 3 N–H and O–H groups in total. The second-order valence-electron chi connectivity index (χ2n) is 6.68. The summed E-state index contributed by atoms with van der Waals surface area (Å²) in [5.41, 5.74) is 1.70. The van der Waals surface area contributed by atoms with E-state index in [2.05, 4.69) is 41.7 Å². The van der Waals surface area contributed by atoms with Gasteiger partial charge in [0.05, 0.1) is 6.10 Å². The molecule has 0 spiro atoms. The first-order valence-corrected chi connectivity index (χ1v) is 8.10. The van der Waals surface area contributed by atoms with Gasteiger partial charge in [-0.05, 0) is 23.1 Å². The van der Waals surface area contributed by atoms with Gasteiger partial charge >= 0.3 is 0 Å². The Bertz CT molecular complexity index is 564. The number of amides is 1. The van der Waals surface area contributed by atoms with Crippen LogP contribution in [0.1, 0.15) is 36.7 Å². The van der Waals surface area contributed by atoms with Gasteiger partial charge in [-0.25, -0.2) is 0 Å². The predicted molar refractivity (Wildman–Crippen MR) is 98.3 cm³/mol. The minimum absolute atomic E-state index is 0.0441. The summed E-state index contributed by atoms with van der Waals surface area (Å²) >= 11 is 0. The Labute approximate surface area is 145 Å². The minimum atomic E-state index is -0.0903. The summed E-state index contributed by atoms with van der Waals surface area (Å²) in [5.74, 6) is 0.610. The normalized spacial score (nSPS) is 13.3. The molecule has 0 heterocycles. The number of benzene rings is 1. The van der Waals surface area contributed by atoms with Crippen LogP contribution in [0.4, 0.5) is 0 Å². The van der Waals surface area contributed by atoms with E-state index in [0.29, 0.717) is 24.6 Å². The van der Waals surface area contributed by atoms with Crippen molar-refractivity contribution in [1.29, 1.82) is 0 Å². The minimum Gasteiger partial charge on any atom is -0.379 e. The van der Waals surface area contributed by atoms with Crippen LogP contribution in [-0.4, -0.2) is 45.7 Å². The van der Waals surface area contributed by atoms with Crippen molar-refractivity contribution < 1.29 is 9.53 Å². The van der Waals surface area contributed by atoms with Crippen molar-refractivity contribution in [2.24, 2.45) is 10.4 Å². The fourth-order valence-corrected chi connectivity index (χ4v) is 2.31. The van der Waals surface area contributed by atoms with Crippen molar-refractivity contribution in [3.8, 4) is 0 Å². The Balaban J connectivity index is 2.60. The van der Waals surface area contributed by atoms with Gasteiger partial charge in [-0.15, -0.1) is 0 Å². The number of carbonyl (C=O) groups is 1. The van der Waals surface area contributed by atoms with Gasteiger partial charge in [0.1, 0.15) is 0 Å². The average Bonchev–Trinajstić information content (AvgIpc) is 2.56. The average molecular weight is 334 g/mol. The summed E-state index contributed by atoms with van der Waals surface area (Å²) in [6.45, 7) is 7.67. The molecule has 1 aromatic rings. The van der Waals surface area contributed by atoms with Gasteiger partial charge in [0.25, 0.3) is 5.91 Å². The highest BCUT2D eigenvalue weighted by Crippen LogP contribution is 2.20. The summed E-state index contributed by atoms with van der Waals surface area (Å²) in [6, 6.07) is 7.51. The monoisotopic (exact) mass is 334 g/mol. The summed E-state index contributed by atoms with van der Waals surface area (Å²) in [7, 11) is 5.08. The molecule has 0 aromatic heterocycles. The Morgan fingerprint density at radius 3 is 2.54 bits per heavy atom. The molecule has 0 aliphatic heterocycles. The lowest BCUT2D eigenvalue weighted by molar-refractivity contribution is 0.0205. The third-order valence-electron chi connectivity index (χ3n) is 3.81. The molecule has 1 aromatic carbocycles. The molecule has 6 heteroatoms. The molecule has 0 fully saturated rings. The highest BCUT2D eigenvalue weighted by Gasteiger charge is 2.24. The van der Waals surface area contributed by atoms with E-state index in [0.717, 1.165) is 5.56 Å². The van der Waals surface area contributed by atoms with E-state index >= 15 is 0 Å². The molecule has 1 rings (SSSR count). The van der Waals surface area contributed by atoms with Gasteiger partial charge in [-0.1, -0.05) is 32.9 Å². The van der Waals surface area contributed by atoms with Crippen molar-refractivity contribution in [3.05, 3.63) is 35.4 Å². The second kappa shape index (κ2) is 9.27. The van der Waals surface area contributed by atoms with Gasteiger partial charge in [0.15, 0.2) is 5.96 Å². The quantitative estimate of drug-likeness (QED) is 0.547. The van der Waals surface area contributed by atoms with E-state index in [9.17, 15) is 4.79 Å². The molecular weight excluding hydrogens is 304 g/mol. The largest absolute Gasteiger partial charge is 0.379 e. The van der Waals surface area contributed by atoms with E-state index < -0.39 is 0 Å². The third kappa shape index (κ3) is 6.20. The summed E-state index contributed by atoms with van der Waals surface area (Å²) in [5, 5.41) is 9.16. The Morgan fingerprint density at radius 1 is 1.29 bits per heavy atom. The van der Waals surface area contributed by atoms with Crippen LogP contribution in [0.15, 0.2) is 29.3 Å². The molecule has 0 bridgehead atoms. The number of nitrogens with one attached hydrogen (secondary N) is 3. The molecule has 0 aliphatic carbocycles. The maximum absolute atomic E-state index is 11.7. The number of carbonyl (C=O) groups excluding carboxylic acids is 1. The maximum atomic E-state index is 11.7. The number of aliphatic imine (C=N–C) groups is 1. The van der Waals surface area contributed by atoms with E-state index in [1.165, 1.54) is 0 Å². The molecule has 6 nitrogen and oxygen atoms in total. The molecular formula is C18H30N4O2. The van der Waals surface area contributed by atoms with Crippen molar-refractivity contribution in [3.63, 3.8) is 0 Å². The first-order valence-electron chi connectivity index (χ1n) is 8.10. The van der Waals surface area contributed by atoms with Crippen LogP contribution in [0.2, 0.25) is 0 Å². The van der Waals surface area contributed by atoms with Crippen LogP contribution in [0.25, 0.3) is 0 Å². The fourth-order valence-electron chi connectivity index (χ4n) is 2.31. The van der Waals surface area contributed by atoms with Crippen molar-refractivity contribution in [2.75, 3.05) is 27.7 Å². The fraction of sp³-hybridized carbons (Fsp3) is 0.556. The Kier molecular flexibility index (Phi) is 7.71. The number of guanidine groups is 1. The lowest BCUT2D eigenvalue weighted by atomic mass is 9.89. The molecule has 134 valence electrons. The van der Waals surface area contributed by atoms with Crippen LogP contribution in [-0.2, 0) is 11.3 Å². The topological polar surface area (TPSA) is 74.8 Å². The van der Waals surface area contributed by atoms with E-state index in [4.69, 9.17) is 4.74 Å². The Hall–Kier alpha value is -2.08. The highest BCUT2D eigenvalue weighted by atomic mass is 16.5. The zero-order valence-corrected chi connectivity index (χ0v) is 15.6. The lowest BCUT2D eigenvalue weighted by Crippen LogP contribution is -2.45. The van der Waals surface area contributed by atoms with Crippen LogP contribution >= 0.6 is 0 Å². The molecule has 24 heavy (non-hydrogen) atoms. The van der Waals surface area contributed by atoms with E-state index in [1.54, 1.807) is 27.3 Å². The van der Waals surface area contributed by atoms with Crippen molar-refractivity contribution in [1.82, 2.24) is 16.0 Å². The molecule has 0 radical (unpaired) electrons. The third-order valence-corrected chi connectivity index (χ3v) is 3.81. The SMILES string of the molecule is CN=C(NCc1cccc(C(=O)NC)c1)NCC(OC)C(C)(C)C. The first-order chi connectivity index (χ1) is 11.3. The number of rotatable bonds is 6. The molecule has 1 atom stereocenters. The second-order valence-corrected chi connectivity index (χ2v) is 6.68. The zero-order chi connectivity index (χ0) is 18.2. The van der Waals surface area contributed by atoms with Gasteiger partial charge in [-0.3, -0.25) is 9.79 Å². The number of methoxy groups -OCH3 is 1. The lowest BCUT2D eigenvalue weighted by Gasteiger charge is -2.30. The first kappa shape index (κ1) is 20.0. The molecule has 1 unspecified atom stereocenters. The van der Waals surface area contributed by atoms with Crippen LogP contribution < -0.4 is 16.0 Å². The highest BCUT2D eigenvalue weighted by molar-refractivity contribution is 5.94. The Morgan fingerprint density at radius 2 is 2.00 bits per heavy atom. The standard InChI is InChI=1S/C18H30N4O2/c1-18(2,3)15(24-6)12-22-17(20-5)21-11-13-8-7-9-14(10-13)16(23)19-4/h7-10,15H,11-12H2,1-6H3,(H,19,23)(H2,20,21,22). The predicted octanol–water partition coefficient (Wildman–Crippen LogP) is 1.77. The van der Waals surface area contributed by atoms with Crippen LogP contribution in [0.3, 0.4) is 0 Å². The maximum Gasteiger partial charge on any atom is 0.251 e. The van der Waals surface area contributed by atoms with Gasteiger partial charge in [0, 0.05) is 39.9 Å². The molecule has 0 saturated carbocycles. The van der Waals surface area contributed by atoms with Crippen LogP contribution in [0, 0.1) is 5.41 Å². The van der Waals surface area contributed by atoms with E-state index in [-0.39, 0.29) is 17.4 Å². The number of hydrogen-bond acceptors (Lipinski definition) is 3. The number of ether oxygens (including phenoxy) is 1. The molecule has 0 aliphatic rings. The van der Waals surface area contributed by atoms with Gasteiger partial charge in [0.2, 0.25) is 0 Å². The van der Waals surface area contributed by atoms with Crippen molar-refractivity contribution >= 4 is 11.9 Å². The van der Waals surface area contributed by atoms with Crippen molar-refractivity contribution in [2.45, 2.75) is 33.4 Å². The molecule has 0 saturated heterocycles. The van der Waals surface area contributed by atoms with E-state index in [1.807, 2.05) is 18.2 Å². The van der Waals surface area contributed by atoms with Crippen LogP contribution in [0.5, 0.6) is 0 Å². The number of hydrogen-bond donors (Lipinski definition) is 3. The summed E-state index contributed by atoms with van der Waals surface area (Å²) in [6.07, 6.45) is 0.0765.